The van der Waals surface area contributed by atoms with Crippen LogP contribution >= 0.6 is 0 Å². The van der Waals surface area contributed by atoms with E-state index in [4.69, 9.17) is 5.11 Å². The zero-order valence-corrected chi connectivity index (χ0v) is 10.9. The Morgan fingerprint density at radius 3 is 2.58 bits per heavy atom. The van der Waals surface area contributed by atoms with E-state index in [1.165, 1.54) is 0 Å². The molecule has 0 aromatic heterocycles. The molecule has 1 aliphatic rings. The first-order valence-corrected chi connectivity index (χ1v) is 6.39. The van der Waals surface area contributed by atoms with E-state index in [-0.39, 0.29) is 24.8 Å². The van der Waals surface area contributed by atoms with Crippen LogP contribution in [0.4, 0.5) is 5.69 Å². The molecule has 19 heavy (non-hydrogen) atoms. The van der Waals surface area contributed by atoms with Crippen LogP contribution in [0.2, 0.25) is 0 Å². The number of aryl methyl sites for hydroxylation is 1. The SMILES string of the molecule is Cc1ccccc1N(CCC(=O)O)C(=O)C1CNC1. The molecule has 1 saturated heterocycles. The van der Waals surface area contributed by atoms with Gasteiger partial charge in [-0.3, -0.25) is 9.59 Å². The van der Waals surface area contributed by atoms with Gasteiger partial charge in [0.2, 0.25) is 5.91 Å². The van der Waals surface area contributed by atoms with Crippen molar-refractivity contribution in [1.82, 2.24) is 5.32 Å². The van der Waals surface area contributed by atoms with Crippen LogP contribution in [0.5, 0.6) is 0 Å². The number of hydrogen-bond donors (Lipinski definition) is 2. The molecule has 1 amide bonds. The molecular formula is C14H18N2O3. The molecule has 0 atom stereocenters. The van der Waals surface area contributed by atoms with E-state index in [1.807, 2.05) is 31.2 Å². The minimum absolute atomic E-state index is 0.00861. The van der Waals surface area contributed by atoms with Gasteiger partial charge in [-0.25, -0.2) is 0 Å². The fourth-order valence-electron chi connectivity index (χ4n) is 2.11. The first kappa shape index (κ1) is 13.5. The molecule has 1 fully saturated rings. The van der Waals surface area contributed by atoms with Crippen molar-refractivity contribution in [1.29, 1.82) is 0 Å². The van der Waals surface area contributed by atoms with E-state index in [2.05, 4.69) is 5.32 Å². The summed E-state index contributed by atoms with van der Waals surface area (Å²) >= 11 is 0. The second kappa shape index (κ2) is 5.84. The summed E-state index contributed by atoms with van der Waals surface area (Å²) in [5.74, 6) is -0.916. The minimum Gasteiger partial charge on any atom is -0.481 e. The number of nitrogens with one attached hydrogen (secondary N) is 1. The Kier molecular flexibility index (Phi) is 4.16. The summed E-state index contributed by atoms with van der Waals surface area (Å²) in [7, 11) is 0. The maximum absolute atomic E-state index is 12.4. The second-order valence-corrected chi connectivity index (χ2v) is 4.78. The number of aliphatic carboxylic acids is 1. The highest BCUT2D eigenvalue weighted by Crippen LogP contribution is 2.22. The highest BCUT2D eigenvalue weighted by molar-refractivity contribution is 5.96. The Balaban J connectivity index is 2.20. The fraction of sp³-hybridized carbons (Fsp3) is 0.429. The number of nitrogens with zero attached hydrogens (tertiary/aromatic N) is 1. The molecule has 1 heterocycles. The summed E-state index contributed by atoms with van der Waals surface area (Å²) in [4.78, 5) is 24.7. The van der Waals surface area contributed by atoms with Gasteiger partial charge < -0.3 is 15.3 Å². The largest absolute Gasteiger partial charge is 0.481 e. The predicted octanol–water partition coefficient (Wildman–Crippen LogP) is 1.02. The van der Waals surface area contributed by atoms with Gasteiger partial charge in [0.25, 0.3) is 0 Å². The normalized spacial score (nSPS) is 14.8. The van der Waals surface area contributed by atoms with Crippen molar-refractivity contribution in [3.8, 4) is 0 Å². The zero-order valence-electron chi connectivity index (χ0n) is 10.9. The zero-order chi connectivity index (χ0) is 13.8. The average molecular weight is 262 g/mol. The third-order valence-corrected chi connectivity index (χ3v) is 3.35. The van der Waals surface area contributed by atoms with Crippen LogP contribution in [0, 0.1) is 12.8 Å². The number of rotatable bonds is 5. The number of carboxylic acid groups (broad SMARTS) is 1. The Bertz CT molecular complexity index is 483. The maximum Gasteiger partial charge on any atom is 0.305 e. The summed E-state index contributed by atoms with van der Waals surface area (Å²) in [6, 6.07) is 7.56. The fourth-order valence-corrected chi connectivity index (χ4v) is 2.11. The molecule has 0 saturated carbocycles. The molecule has 1 aliphatic heterocycles. The van der Waals surface area contributed by atoms with Crippen molar-refractivity contribution in [3.05, 3.63) is 29.8 Å². The monoisotopic (exact) mass is 262 g/mol. The van der Waals surface area contributed by atoms with Crippen molar-refractivity contribution in [2.24, 2.45) is 5.92 Å². The molecule has 0 radical (unpaired) electrons. The van der Waals surface area contributed by atoms with Crippen LogP contribution in [0.1, 0.15) is 12.0 Å². The molecule has 0 spiro atoms. The van der Waals surface area contributed by atoms with Gasteiger partial charge in [-0.1, -0.05) is 18.2 Å². The molecular weight excluding hydrogens is 244 g/mol. The summed E-state index contributed by atoms with van der Waals surface area (Å²) in [6.07, 6.45) is -0.0414. The lowest BCUT2D eigenvalue weighted by Crippen LogP contribution is -2.52. The lowest BCUT2D eigenvalue weighted by molar-refractivity contribution is -0.136. The Morgan fingerprint density at radius 1 is 1.37 bits per heavy atom. The van der Waals surface area contributed by atoms with Crippen molar-refractivity contribution in [2.45, 2.75) is 13.3 Å². The molecule has 0 aliphatic carbocycles. The molecule has 0 bridgehead atoms. The standard InChI is InChI=1S/C14H18N2O3/c1-10-4-2-3-5-12(10)16(7-6-13(17)18)14(19)11-8-15-9-11/h2-5,11,15H,6-9H2,1H3,(H,17,18). The lowest BCUT2D eigenvalue weighted by atomic mass is 10.0. The lowest BCUT2D eigenvalue weighted by Gasteiger charge is -2.33. The number of para-hydroxylation sites is 1. The van der Waals surface area contributed by atoms with Crippen molar-refractivity contribution in [2.75, 3.05) is 24.5 Å². The molecule has 2 N–H and O–H groups in total. The van der Waals surface area contributed by atoms with Crippen LogP contribution < -0.4 is 10.2 Å². The summed E-state index contributed by atoms with van der Waals surface area (Å²) in [6.45, 7) is 3.49. The molecule has 1 aromatic rings. The minimum atomic E-state index is -0.891. The molecule has 5 nitrogen and oxygen atoms in total. The van der Waals surface area contributed by atoms with Crippen LogP contribution in [0.25, 0.3) is 0 Å². The maximum atomic E-state index is 12.4. The number of carbonyl (C=O) groups is 2. The van der Waals surface area contributed by atoms with E-state index < -0.39 is 5.97 Å². The molecule has 102 valence electrons. The highest BCUT2D eigenvalue weighted by atomic mass is 16.4. The molecule has 0 unspecified atom stereocenters. The van der Waals surface area contributed by atoms with E-state index in [1.54, 1.807) is 4.90 Å². The Labute approximate surface area is 112 Å². The Hall–Kier alpha value is -1.88. The second-order valence-electron chi connectivity index (χ2n) is 4.78. The number of carboxylic acids is 1. The average Bonchev–Trinajstić information content (AvgIpc) is 2.29. The number of carbonyl (C=O) groups excluding carboxylic acids is 1. The number of anilines is 1. The van der Waals surface area contributed by atoms with Crippen molar-refractivity contribution in [3.63, 3.8) is 0 Å². The van der Waals surface area contributed by atoms with E-state index in [9.17, 15) is 9.59 Å². The van der Waals surface area contributed by atoms with E-state index in [0.717, 1.165) is 11.3 Å². The third-order valence-electron chi connectivity index (χ3n) is 3.35. The van der Waals surface area contributed by atoms with Gasteiger partial charge in [0.1, 0.15) is 0 Å². The van der Waals surface area contributed by atoms with E-state index >= 15 is 0 Å². The number of hydrogen-bond acceptors (Lipinski definition) is 3. The van der Waals surface area contributed by atoms with Gasteiger partial charge in [0.05, 0.1) is 12.3 Å². The van der Waals surface area contributed by atoms with Crippen LogP contribution in [-0.2, 0) is 9.59 Å². The van der Waals surface area contributed by atoms with Crippen LogP contribution in [0.15, 0.2) is 24.3 Å². The summed E-state index contributed by atoms with van der Waals surface area (Å²) < 4.78 is 0. The molecule has 1 aromatic carbocycles. The van der Waals surface area contributed by atoms with Gasteiger partial charge in [0.15, 0.2) is 0 Å². The first-order chi connectivity index (χ1) is 9.09. The smallest absolute Gasteiger partial charge is 0.305 e. The number of amides is 1. The van der Waals surface area contributed by atoms with Crippen LogP contribution in [0.3, 0.4) is 0 Å². The van der Waals surface area contributed by atoms with Gasteiger partial charge >= 0.3 is 5.97 Å². The van der Waals surface area contributed by atoms with Crippen LogP contribution in [-0.4, -0.2) is 36.6 Å². The highest BCUT2D eigenvalue weighted by Gasteiger charge is 2.30. The molecule has 5 heteroatoms. The Morgan fingerprint density at radius 2 is 2.05 bits per heavy atom. The third kappa shape index (κ3) is 3.12. The van der Waals surface area contributed by atoms with Gasteiger partial charge in [-0.2, -0.15) is 0 Å². The quantitative estimate of drug-likeness (QED) is 0.831. The molecule has 2 rings (SSSR count). The van der Waals surface area contributed by atoms with Gasteiger partial charge in [-0.15, -0.1) is 0 Å². The predicted molar refractivity (Wildman–Crippen MR) is 72.1 cm³/mol. The summed E-state index contributed by atoms with van der Waals surface area (Å²) in [5, 5.41) is 11.9. The van der Waals surface area contributed by atoms with E-state index in [0.29, 0.717) is 13.1 Å². The first-order valence-electron chi connectivity index (χ1n) is 6.39. The topological polar surface area (TPSA) is 69.6 Å². The number of benzene rings is 1. The van der Waals surface area contributed by atoms with Crippen molar-refractivity contribution >= 4 is 17.6 Å². The van der Waals surface area contributed by atoms with Gasteiger partial charge in [0, 0.05) is 25.3 Å². The van der Waals surface area contributed by atoms with Gasteiger partial charge in [-0.05, 0) is 18.6 Å². The van der Waals surface area contributed by atoms with Crippen molar-refractivity contribution < 1.29 is 14.7 Å². The summed E-state index contributed by atoms with van der Waals surface area (Å²) in [5.41, 5.74) is 1.79.